The molecule has 0 fully saturated rings. The summed E-state index contributed by atoms with van der Waals surface area (Å²) in [6.45, 7) is 5.84. The highest BCUT2D eigenvalue weighted by Crippen LogP contribution is 2.18. The number of anilines is 1. The molecule has 1 aliphatic rings. The largest absolute Gasteiger partial charge is 0.326 e. The molecule has 28 heavy (non-hydrogen) atoms. The molecule has 5 heteroatoms. The summed E-state index contributed by atoms with van der Waals surface area (Å²) >= 11 is 0. The van der Waals surface area contributed by atoms with Crippen molar-refractivity contribution in [3.8, 4) is 0 Å². The minimum absolute atomic E-state index is 0.0457. The molecule has 0 saturated carbocycles. The van der Waals surface area contributed by atoms with Gasteiger partial charge in [0.05, 0.1) is 0 Å². The van der Waals surface area contributed by atoms with Crippen molar-refractivity contribution < 1.29 is 14.8 Å². The van der Waals surface area contributed by atoms with Gasteiger partial charge < -0.3 is 5.32 Å². The van der Waals surface area contributed by atoms with Gasteiger partial charge in [0.1, 0.15) is 0 Å². The molecule has 5 nitrogen and oxygen atoms in total. The lowest BCUT2D eigenvalue weighted by Gasteiger charge is -2.13. The lowest BCUT2D eigenvalue weighted by atomic mass is 9.96. The third-order valence-corrected chi connectivity index (χ3v) is 4.45. The van der Waals surface area contributed by atoms with Crippen LogP contribution in [0.25, 0.3) is 0 Å². The molecule has 0 aliphatic heterocycles. The summed E-state index contributed by atoms with van der Waals surface area (Å²) in [6, 6.07) is 7.32. The minimum Gasteiger partial charge on any atom is -0.326 e. The second-order valence-corrected chi connectivity index (χ2v) is 6.64. The van der Waals surface area contributed by atoms with E-state index in [2.05, 4.69) is 11.9 Å². The molecule has 0 heterocycles. The molecule has 0 bridgehead atoms. The summed E-state index contributed by atoms with van der Waals surface area (Å²) < 4.78 is 0. The number of aryl methyl sites for hydroxylation is 1. The number of allylic oxidation sites excluding steroid dienone is 9. The van der Waals surface area contributed by atoms with Crippen LogP contribution in [0.5, 0.6) is 0 Å². The molecule has 1 atom stereocenters. The third-order valence-electron chi connectivity index (χ3n) is 4.45. The van der Waals surface area contributed by atoms with Gasteiger partial charge in [-0.25, -0.2) is 5.48 Å². The molecule has 2 rings (SSSR count). The molecule has 0 radical (unpaired) electrons. The van der Waals surface area contributed by atoms with Crippen LogP contribution < -0.4 is 10.8 Å². The average Bonchev–Trinajstić information content (AvgIpc) is 2.65. The number of hydrogen-bond acceptors (Lipinski definition) is 3. The van der Waals surface area contributed by atoms with E-state index in [0.29, 0.717) is 18.5 Å². The summed E-state index contributed by atoms with van der Waals surface area (Å²) in [5, 5.41) is 11.4. The van der Waals surface area contributed by atoms with E-state index in [1.165, 1.54) is 5.57 Å². The number of hydrogen-bond donors (Lipinski definition) is 3. The van der Waals surface area contributed by atoms with Crippen molar-refractivity contribution in [1.29, 1.82) is 0 Å². The highest BCUT2D eigenvalue weighted by Gasteiger charge is 2.12. The zero-order valence-corrected chi connectivity index (χ0v) is 16.0. The first-order valence-corrected chi connectivity index (χ1v) is 9.22. The maximum absolute atomic E-state index is 12.3. The highest BCUT2D eigenvalue weighted by atomic mass is 16.5. The van der Waals surface area contributed by atoms with Gasteiger partial charge in [0, 0.05) is 18.5 Å². The standard InChI is InChI=1S/C23H26N2O3/c1-3-20(9-5-8-18-6-4-7-18)17(2)16-23(27)24-21-13-10-19(11-14-21)12-15-22(26)25-28/h3-11,13-14,17,28H,1,12,15-16H2,2H3,(H,24,27)(H,25,26)/b8-5+,20-9+/t17-/m0/s1. The summed E-state index contributed by atoms with van der Waals surface area (Å²) in [5.74, 6) is -0.446. The van der Waals surface area contributed by atoms with Crippen molar-refractivity contribution in [3.05, 3.63) is 90.1 Å². The quantitative estimate of drug-likeness (QED) is 0.323. The first-order chi connectivity index (χ1) is 13.5. The lowest BCUT2D eigenvalue weighted by Crippen LogP contribution is -2.18. The SMILES string of the molecule is C=C/C(=C\C=C\C1=CC=C1)[C@@H](C)CC(=O)Nc1ccc(CCC(=O)NO)cc1. The maximum atomic E-state index is 12.3. The van der Waals surface area contributed by atoms with Gasteiger partial charge in [0.25, 0.3) is 0 Å². The Morgan fingerprint density at radius 1 is 1.21 bits per heavy atom. The maximum Gasteiger partial charge on any atom is 0.243 e. The van der Waals surface area contributed by atoms with Gasteiger partial charge in [0.2, 0.25) is 11.8 Å². The minimum atomic E-state index is -0.423. The van der Waals surface area contributed by atoms with Crippen LogP contribution in [-0.2, 0) is 16.0 Å². The average molecular weight is 378 g/mol. The van der Waals surface area contributed by atoms with E-state index >= 15 is 0 Å². The zero-order valence-electron chi connectivity index (χ0n) is 16.0. The van der Waals surface area contributed by atoms with E-state index in [1.807, 2.05) is 67.6 Å². The smallest absolute Gasteiger partial charge is 0.243 e. The predicted molar refractivity (Wildman–Crippen MR) is 112 cm³/mol. The Hall–Kier alpha value is -3.18. The van der Waals surface area contributed by atoms with Crippen molar-refractivity contribution >= 4 is 17.5 Å². The Balaban J connectivity index is 1.84. The topological polar surface area (TPSA) is 78.4 Å². The first kappa shape index (κ1) is 21.1. The van der Waals surface area contributed by atoms with Gasteiger partial charge in [-0.2, -0.15) is 0 Å². The summed E-state index contributed by atoms with van der Waals surface area (Å²) in [5.41, 5.74) is 5.45. The molecule has 1 aromatic carbocycles. The van der Waals surface area contributed by atoms with Gasteiger partial charge >= 0.3 is 0 Å². The second-order valence-electron chi connectivity index (χ2n) is 6.64. The number of amides is 2. The molecule has 1 aromatic rings. The molecular formula is C23H26N2O3. The van der Waals surface area contributed by atoms with Crippen LogP contribution in [0, 0.1) is 5.92 Å². The number of carbonyl (C=O) groups is 2. The lowest BCUT2D eigenvalue weighted by molar-refractivity contribution is -0.129. The summed E-state index contributed by atoms with van der Waals surface area (Å²) in [4.78, 5) is 23.4. The normalized spacial score (nSPS) is 14.2. The number of carbonyl (C=O) groups excluding carboxylic acids is 2. The van der Waals surface area contributed by atoms with Crippen LogP contribution in [0.2, 0.25) is 0 Å². The van der Waals surface area contributed by atoms with Crippen LogP contribution in [0.15, 0.2) is 84.5 Å². The Morgan fingerprint density at radius 2 is 1.93 bits per heavy atom. The Labute approximate surface area is 165 Å². The predicted octanol–water partition coefficient (Wildman–Crippen LogP) is 4.25. The molecule has 0 saturated heterocycles. The fourth-order valence-corrected chi connectivity index (χ4v) is 2.70. The molecule has 1 aliphatic carbocycles. The van der Waals surface area contributed by atoms with Crippen molar-refractivity contribution in [1.82, 2.24) is 5.48 Å². The van der Waals surface area contributed by atoms with Crippen LogP contribution in [-0.4, -0.2) is 17.0 Å². The molecule has 0 spiro atoms. The summed E-state index contributed by atoms with van der Waals surface area (Å²) in [6.07, 6.45) is 14.9. The van der Waals surface area contributed by atoms with Gasteiger partial charge in [-0.05, 0) is 41.2 Å². The Bertz CT molecular complexity index is 830. The van der Waals surface area contributed by atoms with Gasteiger partial charge in [0.15, 0.2) is 0 Å². The fourth-order valence-electron chi connectivity index (χ4n) is 2.70. The van der Waals surface area contributed by atoms with Crippen LogP contribution in [0.1, 0.15) is 25.3 Å². The number of benzene rings is 1. The first-order valence-electron chi connectivity index (χ1n) is 9.22. The van der Waals surface area contributed by atoms with Crippen LogP contribution >= 0.6 is 0 Å². The van der Waals surface area contributed by atoms with Gasteiger partial charge in [-0.15, -0.1) is 0 Å². The fraction of sp³-hybridized carbons (Fsp3) is 0.217. The van der Waals surface area contributed by atoms with E-state index in [1.54, 1.807) is 11.6 Å². The van der Waals surface area contributed by atoms with E-state index < -0.39 is 5.91 Å². The third kappa shape index (κ3) is 6.85. The Kier molecular flexibility index (Phi) is 8.18. The molecule has 3 N–H and O–H groups in total. The van der Waals surface area contributed by atoms with Gasteiger partial charge in [-0.1, -0.05) is 68.2 Å². The summed E-state index contributed by atoms with van der Waals surface area (Å²) in [7, 11) is 0. The number of rotatable bonds is 10. The highest BCUT2D eigenvalue weighted by molar-refractivity contribution is 5.91. The number of nitrogens with one attached hydrogen (secondary N) is 2. The van der Waals surface area contributed by atoms with E-state index in [-0.39, 0.29) is 18.2 Å². The number of hydroxylamine groups is 1. The zero-order chi connectivity index (χ0) is 20.4. The van der Waals surface area contributed by atoms with Gasteiger partial charge in [-0.3, -0.25) is 14.8 Å². The van der Waals surface area contributed by atoms with Crippen LogP contribution in [0.4, 0.5) is 5.69 Å². The van der Waals surface area contributed by atoms with Crippen LogP contribution in [0.3, 0.4) is 0 Å². The molecule has 146 valence electrons. The van der Waals surface area contributed by atoms with E-state index in [0.717, 1.165) is 11.1 Å². The molecule has 0 aromatic heterocycles. The molecule has 0 unspecified atom stereocenters. The Morgan fingerprint density at radius 3 is 2.50 bits per heavy atom. The van der Waals surface area contributed by atoms with Crippen molar-refractivity contribution in [2.75, 3.05) is 5.32 Å². The second kappa shape index (κ2) is 10.8. The monoisotopic (exact) mass is 378 g/mol. The van der Waals surface area contributed by atoms with Crippen molar-refractivity contribution in [2.24, 2.45) is 5.92 Å². The van der Waals surface area contributed by atoms with Crippen molar-refractivity contribution in [3.63, 3.8) is 0 Å². The van der Waals surface area contributed by atoms with E-state index in [9.17, 15) is 9.59 Å². The molecule has 2 amide bonds. The van der Waals surface area contributed by atoms with Crippen molar-refractivity contribution in [2.45, 2.75) is 26.2 Å². The molecular weight excluding hydrogens is 352 g/mol. The van der Waals surface area contributed by atoms with E-state index in [4.69, 9.17) is 5.21 Å².